The number of hydrogen-bond acceptors (Lipinski definition) is 4. The van der Waals surface area contributed by atoms with Crippen LogP contribution < -0.4 is 4.74 Å². The largest absolute Gasteiger partial charge is 0.479 e. The summed E-state index contributed by atoms with van der Waals surface area (Å²) in [7, 11) is 1.54. The number of hydrogen-bond donors (Lipinski definition) is 1. The van der Waals surface area contributed by atoms with Gasteiger partial charge in [0, 0.05) is 12.6 Å². The van der Waals surface area contributed by atoms with Crippen LogP contribution in [-0.2, 0) is 18.8 Å². The number of carboxylic acid groups (broad SMARTS) is 1. The Morgan fingerprint density at radius 3 is 2.40 bits per heavy atom. The molecule has 2 aromatic carbocycles. The predicted octanol–water partition coefficient (Wildman–Crippen LogP) is 4.82. The summed E-state index contributed by atoms with van der Waals surface area (Å²) < 4.78 is 47.6. The molecule has 0 aliphatic heterocycles. The Kier molecular flexibility index (Phi) is 5.32. The zero-order valence-corrected chi connectivity index (χ0v) is 16.8. The number of carboxylic acids is 1. The van der Waals surface area contributed by atoms with Gasteiger partial charge < -0.3 is 14.4 Å². The van der Waals surface area contributed by atoms with Gasteiger partial charge >= 0.3 is 12.1 Å². The third-order valence-corrected chi connectivity index (χ3v) is 4.62. The summed E-state index contributed by atoms with van der Waals surface area (Å²) in [5.41, 5.74) is -1.37. The molecule has 0 saturated carbocycles. The highest BCUT2D eigenvalue weighted by molar-refractivity contribution is 5.91. The highest BCUT2D eigenvalue weighted by Gasteiger charge is 2.36. The molecular weight excluding hydrogens is 399 g/mol. The van der Waals surface area contributed by atoms with Crippen molar-refractivity contribution in [3.05, 3.63) is 65.0 Å². The maximum Gasteiger partial charge on any atom is 0.417 e. The molecule has 3 aromatic rings. The van der Waals surface area contributed by atoms with Gasteiger partial charge in [-0.25, -0.2) is 4.79 Å². The Morgan fingerprint density at radius 2 is 1.77 bits per heavy atom. The number of alkyl halides is 3. The van der Waals surface area contributed by atoms with E-state index in [-0.39, 0.29) is 28.5 Å². The van der Waals surface area contributed by atoms with Crippen molar-refractivity contribution in [1.29, 1.82) is 0 Å². The lowest BCUT2D eigenvalue weighted by molar-refractivity contribution is -0.137. The fourth-order valence-corrected chi connectivity index (χ4v) is 3.23. The lowest BCUT2D eigenvalue weighted by Crippen LogP contribution is -2.30. The standard InChI is InChI=1S/C21H20F3N3O3/c1-12-9-10-16(14(11-12)18(28)29)30-20(2,3)19-26-25-17(27(19)4)13-7-5-6-8-15(13)21(22,23)24/h5-11H,1-4H3,(H,28,29). The first-order valence-electron chi connectivity index (χ1n) is 9.01. The van der Waals surface area contributed by atoms with Gasteiger partial charge in [-0.2, -0.15) is 13.2 Å². The lowest BCUT2D eigenvalue weighted by atomic mass is 10.1. The van der Waals surface area contributed by atoms with E-state index in [0.717, 1.165) is 11.6 Å². The molecule has 0 saturated heterocycles. The summed E-state index contributed by atoms with van der Waals surface area (Å²) >= 11 is 0. The van der Waals surface area contributed by atoms with Crippen LogP contribution in [0.5, 0.6) is 5.75 Å². The summed E-state index contributed by atoms with van der Waals surface area (Å²) in [4.78, 5) is 11.6. The molecule has 0 spiro atoms. The van der Waals surface area contributed by atoms with Crippen molar-refractivity contribution >= 4 is 5.97 Å². The molecule has 0 atom stereocenters. The number of benzene rings is 2. The van der Waals surface area contributed by atoms with Crippen molar-refractivity contribution in [1.82, 2.24) is 14.8 Å². The molecule has 1 N–H and O–H groups in total. The van der Waals surface area contributed by atoms with Crippen LogP contribution in [0.4, 0.5) is 13.2 Å². The number of aryl methyl sites for hydroxylation is 1. The lowest BCUT2D eigenvalue weighted by Gasteiger charge is -2.26. The summed E-state index contributed by atoms with van der Waals surface area (Å²) in [5.74, 6) is -0.760. The van der Waals surface area contributed by atoms with Crippen molar-refractivity contribution in [3.8, 4) is 17.1 Å². The zero-order valence-electron chi connectivity index (χ0n) is 16.8. The fraction of sp³-hybridized carbons (Fsp3) is 0.286. The molecule has 0 aliphatic carbocycles. The first-order chi connectivity index (χ1) is 13.9. The number of aromatic carboxylic acids is 1. The van der Waals surface area contributed by atoms with Gasteiger partial charge in [-0.05, 0) is 39.0 Å². The van der Waals surface area contributed by atoms with Crippen molar-refractivity contribution in [2.24, 2.45) is 7.05 Å². The topological polar surface area (TPSA) is 77.2 Å². The van der Waals surface area contributed by atoms with E-state index in [2.05, 4.69) is 10.2 Å². The van der Waals surface area contributed by atoms with Crippen LogP contribution in [0.25, 0.3) is 11.4 Å². The second kappa shape index (κ2) is 7.47. The third kappa shape index (κ3) is 4.00. The SMILES string of the molecule is Cc1ccc(OC(C)(C)c2nnc(-c3ccccc3C(F)(F)F)n2C)c(C(=O)O)c1. The predicted molar refractivity (Wildman–Crippen MR) is 103 cm³/mol. The van der Waals surface area contributed by atoms with Gasteiger partial charge in [0.2, 0.25) is 0 Å². The van der Waals surface area contributed by atoms with Gasteiger partial charge in [0.05, 0.1) is 5.56 Å². The second-order valence-corrected chi connectivity index (χ2v) is 7.37. The smallest absolute Gasteiger partial charge is 0.417 e. The molecule has 158 valence electrons. The van der Waals surface area contributed by atoms with Crippen LogP contribution >= 0.6 is 0 Å². The van der Waals surface area contributed by atoms with Gasteiger partial charge in [-0.1, -0.05) is 29.8 Å². The second-order valence-electron chi connectivity index (χ2n) is 7.37. The Hall–Kier alpha value is -3.36. The minimum Gasteiger partial charge on any atom is -0.479 e. The highest BCUT2D eigenvalue weighted by atomic mass is 19.4. The summed E-state index contributed by atoms with van der Waals surface area (Å²) in [5, 5.41) is 17.5. The number of rotatable bonds is 5. The van der Waals surface area contributed by atoms with E-state index >= 15 is 0 Å². The van der Waals surface area contributed by atoms with Crippen LogP contribution in [0.3, 0.4) is 0 Å². The van der Waals surface area contributed by atoms with Crippen LogP contribution in [0, 0.1) is 6.92 Å². The molecule has 0 radical (unpaired) electrons. The highest BCUT2D eigenvalue weighted by Crippen LogP contribution is 2.37. The number of aromatic nitrogens is 3. The number of nitrogens with zero attached hydrogens (tertiary/aromatic N) is 3. The van der Waals surface area contributed by atoms with Gasteiger partial charge in [0.25, 0.3) is 0 Å². The monoisotopic (exact) mass is 419 g/mol. The Balaban J connectivity index is 2.04. The molecule has 30 heavy (non-hydrogen) atoms. The summed E-state index contributed by atoms with van der Waals surface area (Å²) in [6.07, 6.45) is -4.55. The molecule has 0 fully saturated rings. The molecule has 0 unspecified atom stereocenters. The third-order valence-electron chi connectivity index (χ3n) is 4.62. The van der Waals surface area contributed by atoms with Crippen LogP contribution in [-0.4, -0.2) is 25.8 Å². The average molecular weight is 419 g/mol. The minimum atomic E-state index is -4.55. The van der Waals surface area contributed by atoms with E-state index in [1.165, 1.54) is 41.9 Å². The van der Waals surface area contributed by atoms with Crippen molar-refractivity contribution in [2.45, 2.75) is 32.5 Å². The van der Waals surface area contributed by atoms with Gasteiger partial charge in [-0.3, -0.25) is 0 Å². The van der Waals surface area contributed by atoms with Crippen LogP contribution in [0.1, 0.15) is 41.2 Å². The molecule has 0 amide bonds. The number of ether oxygens (including phenoxy) is 1. The van der Waals surface area contributed by atoms with Crippen molar-refractivity contribution in [2.75, 3.05) is 0 Å². The molecule has 9 heteroatoms. The Morgan fingerprint density at radius 1 is 1.10 bits per heavy atom. The molecule has 3 rings (SSSR count). The van der Waals surface area contributed by atoms with E-state index in [1.807, 2.05) is 0 Å². The normalized spacial score (nSPS) is 12.1. The maximum absolute atomic E-state index is 13.4. The van der Waals surface area contributed by atoms with Crippen molar-refractivity contribution in [3.63, 3.8) is 0 Å². The molecular formula is C21H20F3N3O3. The Labute approximate surface area is 170 Å². The minimum absolute atomic E-state index is 0.0205. The molecule has 0 bridgehead atoms. The first-order valence-corrected chi connectivity index (χ1v) is 9.01. The van der Waals surface area contributed by atoms with Crippen molar-refractivity contribution < 1.29 is 27.8 Å². The van der Waals surface area contributed by atoms with E-state index in [9.17, 15) is 23.1 Å². The number of halogens is 3. The fourth-order valence-electron chi connectivity index (χ4n) is 3.23. The van der Waals surface area contributed by atoms with Gasteiger partial charge in [0.1, 0.15) is 11.3 Å². The van der Waals surface area contributed by atoms with E-state index < -0.39 is 23.3 Å². The quantitative estimate of drug-likeness (QED) is 0.642. The summed E-state index contributed by atoms with van der Waals surface area (Å²) in [6.45, 7) is 5.04. The molecule has 0 aliphatic rings. The molecule has 1 heterocycles. The van der Waals surface area contributed by atoms with Crippen LogP contribution in [0.15, 0.2) is 42.5 Å². The summed E-state index contributed by atoms with van der Waals surface area (Å²) in [6, 6.07) is 9.84. The zero-order chi connectivity index (χ0) is 22.3. The number of carbonyl (C=O) groups is 1. The maximum atomic E-state index is 13.4. The molecule has 1 aromatic heterocycles. The van der Waals surface area contributed by atoms with E-state index in [4.69, 9.17) is 4.74 Å². The Bertz CT molecular complexity index is 1100. The first kappa shape index (κ1) is 21.4. The van der Waals surface area contributed by atoms with E-state index in [1.54, 1.807) is 26.8 Å². The van der Waals surface area contributed by atoms with Gasteiger partial charge in [-0.15, -0.1) is 10.2 Å². The van der Waals surface area contributed by atoms with Gasteiger partial charge in [0.15, 0.2) is 17.2 Å². The van der Waals surface area contributed by atoms with E-state index in [0.29, 0.717) is 0 Å². The molecule has 6 nitrogen and oxygen atoms in total. The average Bonchev–Trinajstić information content (AvgIpc) is 3.04. The van der Waals surface area contributed by atoms with Crippen LogP contribution in [0.2, 0.25) is 0 Å².